The van der Waals surface area contributed by atoms with Crippen LogP contribution >= 0.6 is 12.2 Å². The summed E-state index contributed by atoms with van der Waals surface area (Å²) < 4.78 is 2.35. The SMILES string of the molecule is O=c1c2cc(N3CCCC3)ccc2[nH]c(=S)n1C1CCC1. The third-order valence-corrected chi connectivity index (χ3v) is 5.12. The first-order chi connectivity index (χ1) is 10.2. The molecule has 1 N–H and O–H groups in total. The van der Waals surface area contributed by atoms with Crippen LogP contribution in [0.2, 0.25) is 0 Å². The maximum Gasteiger partial charge on any atom is 0.262 e. The molecule has 0 radical (unpaired) electrons. The third-order valence-electron chi connectivity index (χ3n) is 4.82. The molecule has 0 amide bonds. The number of nitrogens with zero attached hydrogens (tertiary/aromatic N) is 2. The van der Waals surface area contributed by atoms with Crippen molar-refractivity contribution in [2.24, 2.45) is 0 Å². The Hall–Kier alpha value is -1.62. The third kappa shape index (κ3) is 2.11. The minimum absolute atomic E-state index is 0.0690. The van der Waals surface area contributed by atoms with Gasteiger partial charge in [-0.05, 0) is 62.5 Å². The normalized spacial score (nSPS) is 19.1. The van der Waals surface area contributed by atoms with Crippen LogP contribution in [0, 0.1) is 4.77 Å². The van der Waals surface area contributed by atoms with Gasteiger partial charge in [-0.25, -0.2) is 0 Å². The van der Waals surface area contributed by atoms with Gasteiger partial charge in [-0.3, -0.25) is 9.36 Å². The van der Waals surface area contributed by atoms with Gasteiger partial charge in [-0.15, -0.1) is 0 Å². The lowest BCUT2D eigenvalue weighted by Crippen LogP contribution is -2.30. The number of nitrogens with one attached hydrogen (secondary N) is 1. The van der Waals surface area contributed by atoms with Gasteiger partial charge in [-0.1, -0.05) is 0 Å². The van der Waals surface area contributed by atoms with Gasteiger partial charge in [-0.2, -0.15) is 0 Å². The number of hydrogen-bond acceptors (Lipinski definition) is 3. The molecule has 1 saturated heterocycles. The second-order valence-electron chi connectivity index (χ2n) is 6.11. The van der Waals surface area contributed by atoms with Gasteiger partial charge in [0.2, 0.25) is 0 Å². The lowest BCUT2D eigenvalue weighted by Gasteiger charge is -2.27. The Bertz CT molecular complexity index is 797. The van der Waals surface area contributed by atoms with Gasteiger partial charge in [0.15, 0.2) is 4.77 Å². The van der Waals surface area contributed by atoms with Crippen molar-refractivity contribution in [1.29, 1.82) is 0 Å². The molecule has 2 aromatic rings. The average Bonchev–Trinajstić information content (AvgIpc) is 2.95. The lowest BCUT2D eigenvalue weighted by atomic mass is 9.93. The summed E-state index contributed by atoms with van der Waals surface area (Å²) in [4.78, 5) is 18.4. The van der Waals surface area contributed by atoms with E-state index in [1.807, 2.05) is 12.1 Å². The summed E-state index contributed by atoms with van der Waals surface area (Å²) in [5.41, 5.74) is 2.07. The van der Waals surface area contributed by atoms with Crippen molar-refractivity contribution in [3.63, 3.8) is 0 Å². The highest BCUT2D eigenvalue weighted by Crippen LogP contribution is 2.31. The quantitative estimate of drug-likeness (QED) is 0.865. The Morgan fingerprint density at radius 1 is 1.14 bits per heavy atom. The van der Waals surface area contributed by atoms with Crippen LogP contribution < -0.4 is 10.5 Å². The molecule has 4 nitrogen and oxygen atoms in total. The zero-order valence-corrected chi connectivity index (χ0v) is 12.8. The zero-order valence-electron chi connectivity index (χ0n) is 12.0. The number of aromatic amines is 1. The molecule has 1 aliphatic heterocycles. The molecule has 2 aliphatic rings. The first-order valence-corrected chi connectivity index (χ1v) is 8.18. The van der Waals surface area contributed by atoms with E-state index >= 15 is 0 Å². The maximum atomic E-state index is 12.8. The van der Waals surface area contributed by atoms with Crippen LogP contribution in [0.5, 0.6) is 0 Å². The number of H-pyrrole nitrogens is 1. The van der Waals surface area contributed by atoms with Crippen LogP contribution in [-0.4, -0.2) is 22.6 Å². The van der Waals surface area contributed by atoms with Crippen molar-refractivity contribution in [3.05, 3.63) is 33.3 Å². The minimum Gasteiger partial charge on any atom is -0.372 e. The molecule has 1 aliphatic carbocycles. The first-order valence-electron chi connectivity index (χ1n) is 7.77. The molecule has 5 heteroatoms. The first kappa shape index (κ1) is 13.1. The molecule has 0 spiro atoms. The molecule has 0 bridgehead atoms. The van der Waals surface area contributed by atoms with E-state index in [-0.39, 0.29) is 5.56 Å². The smallest absolute Gasteiger partial charge is 0.262 e. The monoisotopic (exact) mass is 301 g/mol. The lowest BCUT2D eigenvalue weighted by molar-refractivity contribution is 0.302. The number of fused-ring (bicyclic) bond motifs is 1. The summed E-state index contributed by atoms with van der Waals surface area (Å²) >= 11 is 5.38. The second kappa shape index (κ2) is 4.98. The largest absolute Gasteiger partial charge is 0.372 e. The maximum absolute atomic E-state index is 12.8. The molecule has 1 aromatic carbocycles. The molecule has 0 atom stereocenters. The van der Waals surface area contributed by atoms with E-state index in [0.29, 0.717) is 10.8 Å². The second-order valence-corrected chi connectivity index (χ2v) is 6.50. The van der Waals surface area contributed by atoms with Crippen LogP contribution in [-0.2, 0) is 0 Å². The van der Waals surface area contributed by atoms with Gasteiger partial charge in [0.1, 0.15) is 0 Å². The molecule has 1 aromatic heterocycles. The van der Waals surface area contributed by atoms with Crippen molar-refractivity contribution in [2.45, 2.75) is 38.1 Å². The van der Waals surface area contributed by atoms with Crippen LogP contribution in [0.15, 0.2) is 23.0 Å². The summed E-state index contributed by atoms with van der Waals surface area (Å²) in [5, 5.41) is 0.764. The standard InChI is InChI=1S/C16H19N3OS/c20-15-13-10-12(18-8-1-2-9-18)6-7-14(13)17-16(21)19(15)11-4-3-5-11/h6-7,10-11H,1-5,8-9H2,(H,17,21). The number of hydrogen-bond donors (Lipinski definition) is 1. The average molecular weight is 301 g/mol. The molecule has 2 fully saturated rings. The number of rotatable bonds is 2. The number of anilines is 1. The van der Waals surface area contributed by atoms with E-state index in [2.05, 4.69) is 16.0 Å². The highest BCUT2D eigenvalue weighted by atomic mass is 32.1. The van der Waals surface area contributed by atoms with Crippen LogP contribution in [0.25, 0.3) is 10.9 Å². The molecule has 110 valence electrons. The van der Waals surface area contributed by atoms with Crippen LogP contribution in [0.4, 0.5) is 5.69 Å². The van der Waals surface area contributed by atoms with Gasteiger partial charge in [0, 0.05) is 24.8 Å². The predicted octanol–water partition coefficient (Wildman–Crippen LogP) is 3.38. The van der Waals surface area contributed by atoms with Gasteiger partial charge in [0.25, 0.3) is 5.56 Å². The molecule has 21 heavy (non-hydrogen) atoms. The van der Waals surface area contributed by atoms with E-state index in [0.717, 1.165) is 42.5 Å². The Balaban J connectivity index is 1.89. The summed E-state index contributed by atoms with van der Waals surface area (Å²) in [5.74, 6) is 0. The van der Waals surface area contributed by atoms with E-state index < -0.39 is 0 Å². The van der Waals surface area contributed by atoms with Crippen LogP contribution in [0.1, 0.15) is 38.1 Å². The van der Waals surface area contributed by atoms with E-state index in [4.69, 9.17) is 12.2 Å². The molecular weight excluding hydrogens is 282 g/mol. The predicted molar refractivity (Wildman–Crippen MR) is 87.7 cm³/mol. The van der Waals surface area contributed by atoms with Crippen molar-refractivity contribution in [3.8, 4) is 0 Å². The fourth-order valence-corrected chi connectivity index (χ4v) is 3.71. The Kier molecular flexibility index (Phi) is 3.10. The molecule has 4 rings (SSSR count). The summed E-state index contributed by atoms with van der Waals surface area (Å²) in [6.45, 7) is 2.18. The summed E-state index contributed by atoms with van der Waals surface area (Å²) in [6.07, 6.45) is 5.80. The Morgan fingerprint density at radius 2 is 1.90 bits per heavy atom. The fraction of sp³-hybridized carbons (Fsp3) is 0.500. The summed E-state index contributed by atoms with van der Waals surface area (Å²) in [7, 11) is 0. The Morgan fingerprint density at radius 3 is 2.57 bits per heavy atom. The fourth-order valence-electron chi connectivity index (χ4n) is 3.36. The Labute approximate surface area is 128 Å². The van der Waals surface area contributed by atoms with Gasteiger partial charge in [0.05, 0.1) is 10.9 Å². The van der Waals surface area contributed by atoms with Crippen molar-refractivity contribution in [2.75, 3.05) is 18.0 Å². The highest BCUT2D eigenvalue weighted by Gasteiger charge is 2.23. The molecule has 0 unspecified atom stereocenters. The van der Waals surface area contributed by atoms with Crippen molar-refractivity contribution < 1.29 is 0 Å². The molecular formula is C16H19N3OS. The summed E-state index contributed by atoms with van der Waals surface area (Å²) in [6, 6.07) is 6.40. The zero-order chi connectivity index (χ0) is 14.4. The van der Waals surface area contributed by atoms with Crippen LogP contribution in [0.3, 0.4) is 0 Å². The molecule has 1 saturated carbocycles. The number of aromatic nitrogens is 2. The van der Waals surface area contributed by atoms with Crippen molar-refractivity contribution >= 4 is 28.8 Å². The van der Waals surface area contributed by atoms with Gasteiger partial charge >= 0.3 is 0 Å². The topological polar surface area (TPSA) is 41.0 Å². The molecule has 2 heterocycles. The minimum atomic E-state index is 0.0690. The van der Waals surface area contributed by atoms with E-state index in [9.17, 15) is 4.79 Å². The number of benzene rings is 1. The van der Waals surface area contributed by atoms with E-state index in [1.54, 1.807) is 4.57 Å². The van der Waals surface area contributed by atoms with E-state index in [1.165, 1.54) is 19.3 Å². The van der Waals surface area contributed by atoms with Crippen molar-refractivity contribution in [1.82, 2.24) is 9.55 Å². The van der Waals surface area contributed by atoms with Gasteiger partial charge < -0.3 is 9.88 Å². The highest BCUT2D eigenvalue weighted by molar-refractivity contribution is 7.71.